The van der Waals surface area contributed by atoms with Gasteiger partial charge in [0.05, 0.1) is 17.4 Å². The minimum Gasteiger partial charge on any atom is -0.323 e. The van der Waals surface area contributed by atoms with Crippen molar-refractivity contribution in [1.29, 1.82) is 5.26 Å². The number of anilines is 2. The Morgan fingerprint density at radius 3 is 2.87 bits per heavy atom. The van der Waals surface area contributed by atoms with E-state index in [4.69, 9.17) is 10.4 Å². The van der Waals surface area contributed by atoms with Crippen LogP contribution in [-0.2, 0) is 21.2 Å². The predicted octanol–water partition coefficient (Wildman–Crippen LogP) is 2.22. The zero-order chi connectivity index (χ0) is 21.3. The fourth-order valence-corrected chi connectivity index (χ4v) is 4.52. The van der Waals surface area contributed by atoms with Crippen molar-refractivity contribution in [1.82, 2.24) is 20.2 Å². The summed E-state index contributed by atoms with van der Waals surface area (Å²) in [5.74, 6) is 1.43. The highest BCUT2D eigenvalue weighted by atomic mass is 32.2. The van der Waals surface area contributed by atoms with E-state index in [2.05, 4.69) is 25.5 Å². The molecule has 0 amide bonds. The smallest absolute Gasteiger partial charge is 0.247 e. The van der Waals surface area contributed by atoms with Crippen molar-refractivity contribution in [2.45, 2.75) is 35.8 Å². The third-order valence-electron chi connectivity index (χ3n) is 4.47. The van der Waals surface area contributed by atoms with Crippen molar-refractivity contribution in [3.63, 3.8) is 0 Å². The second kappa shape index (κ2) is 7.94. The summed E-state index contributed by atoms with van der Waals surface area (Å²) in [5.41, 5.74) is 1.54. The third-order valence-corrected chi connectivity index (χ3v) is 6.99. The van der Waals surface area contributed by atoms with Crippen LogP contribution in [0.1, 0.15) is 36.4 Å². The van der Waals surface area contributed by atoms with Crippen molar-refractivity contribution < 1.29 is 13.2 Å². The lowest BCUT2D eigenvalue weighted by molar-refractivity contribution is -0.117. The van der Waals surface area contributed by atoms with Crippen molar-refractivity contribution in [2.24, 2.45) is 5.14 Å². The molecule has 3 aromatic rings. The van der Waals surface area contributed by atoms with Crippen LogP contribution in [0, 0.1) is 11.3 Å². The van der Waals surface area contributed by atoms with Gasteiger partial charge in [-0.25, -0.2) is 23.5 Å². The quantitative estimate of drug-likeness (QED) is 0.476. The van der Waals surface area contributed by atoms with Crippen LogP contribution >= 0.6 is 11.3 Å². The molecule has 1 aliphatic rings. The van der Waals surface area contributed by atoms with Crippen molar-refractivity contribution in [2.75, 3.05) is 5.32 Å². The first-order chi connectivity index (χ1) is 14.3. The Morgan fingerprint density at radius 1 is 1.40 bits per heavy atom. The number of ketones is 1. The predicted molar refractivity (Wildman–Crippen MR) is 110 cm³/mol. The molecule has 154 valence electrons. The Hall–Kier alpha value is -3.14. The minimum atomic E-state index is -3.82. The second-order valence-electron chi connectivity index (χ2n) is 6.89. The van der Waals surface area contributed by atoms with Crippen LogP contribution in [-0.4, -0.2) is 34.4 Å². The van der Waals surface area contributed by atoms with Gasteiger partial charge in [-0.2, -0.15) is 10.4 Å². The lowest BCUT2D eigenvalue weighted by Crippen LogP contribution is -2.09. The van der Waals surface area contributed by atoms with Crippen LogP contribution in [0.3, 0.4) is 0 Å². The molecule has 0 atom stereocenters. The second-order valence-corrected chi connectivity index (χ2v) is 9.76. The lowest BCUT2D eigenvalue weighted by Gasteiger charge is -2.09. The molecule has 3 aromatic heterocycles. The molecule has 0 aliphatic heterocycles. The molecule has 0 unspecified atom stereocenters. The SMILES string of the molecule is N#CCC(=O)Cc1cnc(-c2ccc(S(N)(=O)=O)s2)nc1Nc1cc(C2CC2)[nH]n1. The molecule has 0 aromatic carbocycles. The number of carbonyl (C=O) groups excluding carboxylic acids is 1. The summed E-state index contributed by atoms with van der Waals surface area (Å²) < 4.78 is 23.1. The average Bonchev–Trinajstić information content (AvgIpc) is 3.22. The van der Waals surface area contributed by atoms with Crippen molar-refractivity contribution >= 4 is 38.8 Å². The van der Waals surface area contributed by atoms with E-state index in [9.17, 15) is 13.2 Å². The number of nitrogens with two attached hydrogens (primary N) is 1. The molecule has 0 saturated heterocycles. The van der Waals surface area contributed by atoms with Crippen LogP contribution in [0.15, 0.2) is 28.6 Å². The van der Waals surface area contributed by atoms with Crippen molar-refractivity contribution in [3.8, 4) is 16.8 Å². The van der Waals surface area contributed by atoms with E-state index < -0.39 is 10.0 Å². The summed E-state index contributed by atoms with van der Waals surface area (Å²) in [6.45, 7) is 0. The van der Waals surface area contributed by atoms with Gasteiger partial charge < -0.3 is 5.32 Å². The highest BCUT2D eigenvalue weighted by Gasteiger charge is 2.26. The first kappa shape index (κ1) is 20.1. The van der Waals surface area contributed by atoms with Gasteiger partial charge in [0.1, 0.15) is 10.0 Å². The molecule has 10 nitrogen and oxygen atoms in total. The number of nitriles is 1. The standard InChI is InChI=1S/C18H17N7O3S2/c19-6-5-12(26)7-11-9-21-18(14-3-4-16(29-14)30(20,27)28)23-17(11)22-15-8-13(24-25-15)10-1-2-10/h3-4,8-10H,1-2,5,7H2,(H2,20,27,28)(H2,21,22,23,24,25). The molecule has 4 rings (SSSR count). The maximum absolute atomic E-state index is 12.0. The largest absolute Gasteiger partial charge is 0.323 e. The van der Waals surface area contributed by atoms with Crippen LogP contribution in [0.25, 0.3) is 10.7 Å². The Kier molecular flexibility index (Phi) is 5.33. The summed E-state index contributed by atoms with van der Waals surface area (Å²) in [4.78, 5) is 21.2. The maximum atomic E-state index is 12.0. The molecule has 3 heterocycles. The van der Waals surface area contributed by atoms with Crippen LogP contribution in [0.2, 0.25) is 0 Å². The number of rotatable bonds is 8. The Labute approximate surface area is 176 Å². The van der Waals surface area contributed by atoms with E-state index in [-0.39, 0.29) is 28.7 Å². The third kappa shape index (κ3) is 4.54. The number of nitrogens with one attached hydrogen (secondary N) is 2. The van der Waals surface area contributed by atoms with Gasteiger partial charge >= 0.3 is 0 Å². The average molecular weight is 444 g/mol. The van der Waals surface area contributed by atoms with E-state index in [1.165, 1.54) is 12.3 Å². The van der Waals surface area contributed by atoms with Crippen LogP contribution in [0.5, 0.6) is 0 Å². The molecule has 0 bridgehead atoms. The minimum absolute atomic E-state index is 0.00487. The van der Waals surface area contributed by atoms with Gasteiger partial charge in [0.15, 0.2) is 17.4 Å². The number of aromatic nitrogens is 4. The zero-order valence-corrected chi connectivity index (χ0v) is 17.3. The van der Waals surface area contributed by atoms with E-state index in [1.807, 2.05) is 12.1 Å². The molecule has 0 spiro atoms. The molecular weight excluding hydrogens is 426 g/mol. The first-order valence-electron chi connectivity index (χ1n) is 9.03. The number of hydrogen-bond acceptors (Lipinski definition) is 9. The summed E-state index contributed by atoms with van der Waals surface area (Å²) >= 11 is 0.955. The van der Waals surface area contributed by atoms with E-state index in [0.29, 0.717) is 28.0 Å². The number of sulfonamides is 1. The van der Waals surface area contributed by atoms with Gasteiger partial charge in [-0.05, 0) is 25.0 Å². The van der Waals surface area contributed by atoms with E-state index in [0.717, 1.165) is 29.9 Å². The van der Waals surface area contributed by atoms with Gasteiger partial charge in [0.25, 0.3) is 0 Å². The summed E-state index contributed by atoms with van der Waals surface area (Å²) in [6.07, 6.45) is 3.52. The summed E-state index contributed by atoms with van der Waals surface area (Å²) in [6, 6.07) is 6.70. The molecule has 4 N–H and O–H groups in total. The van der Waals surface area contributed by atoms with E-state index >= 15 is 0 Å². The Bertz CT molecular complexity index is 1250. The number of carbonyl (C=O) groups is 1. The van der Waals surface area contributed by atoms with Gasteiger partial charge in [-0.15, -0.1) is 11.3 Å². The normalized spacial score (nSPS) is 13.7. The number of primary sulfonamides is 1. The lowest BCUT2D eigenvalue weighted by atomic mass is 10.1. The zero-order valence-electron chi connectivity index (χ0n) is 15.6. The summed E-state index contributed by atoms with van der Waals surface area (Å²) in [7, 11) is -3.82. The monoisotopic (exact) mass is 443 g/mol. The van der Waals surface area contributed by atoms with Gasteiger partial charge in [-0.1, -0.05) is 0 Å². The van der Waals surface area contributed by atoms with Crippen LogP contribution in [0.4, 0.5) is 11.6 Å². The highest BCUT2D eigenvalue weighted by Crippen LogP contribution is 2.39. The molecule has 1 aliphatic carbocycles. The highest BCUT2D eigenvalue weighted by molar-refractivity contribution is 7.91. The molecule has 12 heteroatoms. The number of thiophene rings is 1. The van der Waals surface area contributed by atoms with Crippen LogP contribution < -0.4 is 10.5 Å². The van der Waals surface area contributed by atoms with Crippen molar-refractivity contribution in [3.05, 3.63) is 35.7 Å². The Morgan fingerprint density at radius 2 is 2.20 bits per heavy atom. The van der Waals surface area contributed by atoms with Gasteiger partial charge in [0.2, 0.25) is 10.0 Å². The van der Waals surface area contributed by atoms with E-state index in [1.54, 1.807) is 6.07 Å². The number of aromatic amines is 1. The van der Waals surface area contributed by atoms with Gasteiger partial charge in [0, 0.05) is 35.9 Å². The number of H-pyrrole nitrogens is 1. The number of nitrogens with zero attached hydrogens (tertiary/aromatic N) is 4. The first-order valence-corrected chi connectivity index (χ1v) is 11.4. The maximum Gasteiger partial charge on any atom is 0.247 e. The molecule has 0 radical (unpaired) electrons. The topological polar surface area (TPSA) is 168 Å². The fraction of sp³-hybridized carbons (Fsp3) is 0.278. The molecule has 1 saturated carbocycles. The molecule has 1 fully saturated rings. The number of hydrogen-bond donors (Lipinski definition) is 3. The molecule has 30 heavy (non-hydrogen) atoms. The fourth-order valence-electron chi connectivity index (χ4n) is 2.84. The Balaban J connectivity index is 1.67. The molecular formula is C18H17N7O3S2. The summed E-state index contributed by atoms with van der Waals surface area (Å²) in [5, 5.41) is 24.3. The number of Topliss-reactive ketones (excluding diaryl/α,β-unsaturated/α-hetero) is 1. The van der Waals surface area contributed by atoms with Gasteiger partial charge in [-0.3, -0.25) is 9.89 Å².